The van der Waals surface area contributed by atoms with Gasteiger partial charge in [0, 0.05) is 18.0 Å². The normalized spacial score (nSPS) is 12.4. The van der Waals surface area contributed by atoms with Crippen LogP contribution in [-0.4, -0.2) is 19.8 Å². The van der Waals surface area contributed by atoms with Crippen LogP contribution in [0.15, 0.2) is 18.5 Å². The number of hydrogen-bond donors (Lipinski definition) is 1. The molecule has 0 aromatic carbocycles. The summed E-state index contributed by atoms with van der Waals surface area (Å²) in [4.78, 5) is 10.8. The van der Waals surface area contributed by atoms with E-state index in [9.17, 15) is 15.2 Å². The van der Waals surface area contributed by atoms with Crippen LogP contribution in [0.2, 0.25) is 0 Å². The lowest BCUT2D eigenvalue weighted by Crippen LogP contribution is -1.89. The van der Waals surface area contributed by atoms with Gasteiger partial charge in [-0.2, -0.15) is 5.10 Å². The van der Waals surface area contributed by atoms with Crippen molar-refractivity contribution in [2.24, 2.45) is 7.05 Å². The lowest BCUT2D eigenvalue weighted by Gasteiger charge is -1.98. The summed E-state index contributed by atoms with van der Waals surface area (Å²) in [5, 5.41) is 24.4. The number of aromatic nitrogens is 2. The Balaban J connectivity index is 2.33. The van der Waals surface area contributed by atoms with Crippen molar-refractivity contribution in [3.05, 3.63) is 33.5 Å². The number of nitro groups is 1. The molecule has 0 fully saturated rings. The topological polar surface area (TPSA) is 90.4 Å². The van der Waals surface area contributed by atoms with Gasteiger partial charge in [0.1, 0.15) is 0 Å². The first-order valence-corrected chi connectivity index (χ1v) is 5.91. The quantitative estimate of drug-likeness (QED) is 0.679. The van der Waals surface area contributed by atoms with Crippen LogP contribution in [0.5, 0.6) is 10.8 Å². The van der Waals surface area contributed by atoms with E-state index in [0.717, 1.165) is 11.3 Å². The van der Waals surface area contributed by atoms with Gasteiger partial charge in [0.05, 0.1) is 23.4 Å². The molecule has 0 amide bonds. The van der Waals surface area contributed by atoms with Gasteiger partial charge in [0.2, 0.25) is 0 Å². The van der Waals surface area contributed by atoms with Crippen molar-refractivity contribution in [2.45, 2.75) is 13.0 Å². The molecule has 0 bridgehead atoms. The average Bonchev–Trinajstić information content (AvgIpc) is 2.85. The van der Waals surface area contributed by atoms with Crippen LogP contribution in [0.3, 0.4) is 0 Å². The minimum Gasteiger partial charge on any atom is -0.437 e. The number of aryl methyl sites for hydroxylation is 1. The summed E-state index contributed by atoms with van der Waals surface area (Å²) < 4.78 is 6.94. The molecular formula is C10H11N3O4S. The van der Waals surface area contributed by atoms with E-state index in [0.29, 0.717) is 10.6 Å². The van der Waals surface area contributed by atoms with Crippen LogP contribution in [0.25, 0.3) is 0 Å². The van der Waals surface area contributed by atoms with Gasteiger partial charge < -0.3 is 9.84 Å². The van der Waals surface area contributed by atoms with Crippen molar-refractivity contribution in [1.29, 1.82) is 0 Å². The lowest BCUT2D eigenvalue weighted by atomic mass is 10.3. The van der Waals surface area contributed by atoms with E-state index in [1.807, 2.05) is 0 Å². The molecule has 0 aliphatic carbocycles. The standard InChI is InChI=1S/C10H11N3O4S/c1-6(14)9-3-8(13(15)16)10(18-9)17-7-4-11-12(2)5-7/h3-6,14H,1-2H3. The third-order valence-electron chi connectivity index (χ3n) is 2.20. The molecule has 0 radical (unpaired) electrons. The van der Waals surface area contributed by atoms with E-state index in [4.69, 9.17) is 4.74 Å². The Hall–Kier alpha value is -1.93. The first-order valence-electron chi connectivity index (χ1n) is 5.10. The summed E-state index contributed by atoms with van der Waals surface area (Å²) >= 11 is 1.05. The predicted molar refractivity (Wildman–Crippen MR) is 64.9 cm³/mol. The van der Waals surface area contributed by atoms with Crippen LogP contribution in [0.4, 0.5) is 5.69 Å². The first-order chi connectivity index (χ1) is 8.47. The molecule has 0 aliphatic heterocycles. The van der Waals surface area contributed by atoms with Gasteiger partial charge in [-0.3, -0.25) is 14.8 Å². The minimum absolute atomic E-state index is 0.143. The molecule has 0 aliphatic rings. The van der Waals surface area contributed by atoms with Gasteiger partial charge in [-0.25, -0.2) is 0 Å². The van der Waals surface area contributed by atoms with E-state index in [-0.39, 0.29) is 10.8 Å². The molecule has 7 nitrogen and oxygen atoms in total. The second kappa shape index (κ2) is 4.75. The highest BCUT2D eigenvalue weighted by Crippen LogP contribution is 2.41. The summed E-state index contributed by atoms with van der Waals surface area (Å²) in [5.41, 5.74) is -0.153. The number of aliphatic hydroxyl groups is 1. The molecule has 1 atom stereocenters. The molecule has 2 aromatic heterocycles. The predicted octanol–water partition coefficient (Wildman–Crippen LogP) is 2.24. The number of ether oxygens (including phenoxy) is 1. The van der Waals surface area contributed by atoms with Gasteiger partial charge >= 0.3 is 5.69 Å². The smallest absolute Gasteiger partial charge is 0.323 e. The van der Waals surface area contributed by atoms with Crippen LogP contribution >= 0.6 is 11.3 Å². The van der Waals surface area contributed by atoms with Gasteiger partial charge in [-0.15, -0.1) is 0 Å². The van der Waals surface area contributed by atoms with E-state index in [2.05, 4.69) is 5.10 Å². The number of thiophene rings is 1. The van der Waals surface area contributed by atoms with Crippen LogP contribution < -0.4 is 4.74 Å². The highest BCUT2D eigenvalue weighted by atomic mass is 32.1. The Morgan fingerprint density at radius 1 is 1.67 bits per heavy atom. The largest absolute Gasteiger partial charge is 0.437 e. The summed E-state index contributed by atoms with van der Waals surface area (Å²) in [6, 6.07) is 1.32. The Morgan fingerprint density at radius 2 is 2.39 bits per heavy atom. The SMILES string of the molecule is CC(O)c1cc([N+](=O)[O-])c(Oc2cnn(C)c2)s1. The zero-order chi connectivity index (χ0) is 13.3. The van der Waals surface area contributed by atoms with Crippen LogP contribution in [0, 0.1) is 10.1 Å². The maximum absolute atomic E-state index is 10.9. The van der Waals surface area contributed by atoms with E-state index in [1.165, 1.54) is 16.9 Å². The van der Waals surface area contributed by atoms with Crippen molar-refractivity contribution < 1.29 is 14.8 Å². The highest BCUT2D eigenvalue weighted by molar-refractivity contribution is 7.14. The monoisotopic (exact) mass is 269 g/mol. The maximum atomic E-state index is 10.9. The Bertz CT molecular complexity index is 575. The second-order valence-electron chi connectivity index (χ2n) is 3.71. The summed E-state index contributed by atoms with van der Waals surface area (Å²) in [5.74, 6) is 0.416. The molecule has 0 spiro atoms. The molecule has 18 heavy (non-hydrogen) atoms. The zero-order valence-electron chi connectivity index (χ0n) is 9.73. The van der Waals surface area contributed by atoms with Crippen molar-refractivity contribution in [3.8, 4) is 10.8 Å². The fourth-order valence-corrected chi connectivity index (χ4v) is 2.28. The Labute approximate surface area is 106 Å². The van der Waals surface area contributed by atoms with Crippen LogP contribution in [-0.2, 0) is 7.05 Å². The molecule has 2 heterocycles. The van der Waals surface area contributed by atoms with Crippen molar-refractivity contribution in [1.82, 2.24) is 9.78 Å². The molecule has 1 unspecified atom stereocenters. The molecule has 96 valence electrons. The second-order valence-corrected chi connectivity index (χ2v) is 4.75. The van der Waals surface area contributed by atoms with Gasteiger partial charge in [-0.1, -0.05) is 11.3 Å². The van der Waals surface area contributed by atoms with Gasteiger partial charge in [0.15, 0.2) is 5.75 Å². The molecule has 1 N–H and O–H groups in total. The van der Waals surface area contributed by atoms with Crippen molar-refractivity contribution >= 4 is 17.0 Å². The van der Waals surface area contributed by atoms with Gasteiger partial charge in [-0.05, 0) is 6.92 Å². The fourth-order valence-electron chi connectivity index (χ4n) is 1.35. The molecule has 2 aromatic rings. The first kappa shape index (κ1) is 12.5. The highest BCUT2D eigenvalue weighted by Gasteiger charge is 2.23. The van der Waals surface area contributed by atoms with Crippen molar-refractivity contribution in [2.75, 3.05) is 0 Å². The summed E-state index contributed by atoms with van der Waals surface area (Å²) in [6.45, 7) is 1.55. The number of hydrogen-bond acceptors (Lipinski definition) is 6. The molecule has 2 rings (SSSR count). The molecule has 0 saturated carbocycles. The number of rotatable bonds is 4. The number of aliphatic hydroxyl groups excluding tert-OH is 1. The molecule has 8 heteroatoms. The number of nitrogens with zero attached hydrogens (tertiary/aromatic N) is 3. The van der Waals surface area contributed by atoms with E-state index in [1.54, 1.807) is 20.2 Å². The van der Waals surface area contributed by atoms with Crippen molar-refractivity contribution in [3.63, 3.8) is 0 Å². The maximum Gasteiger partial charge on any atom is 0.323 e. The van der Waals surface area contributed by atoms with Gasteiger partial charge in [0.25, 0.3) is 5.06 Å². The summed E-state index contributed by atoms with van der Waals surface area (Å²) in [6.07, 6.45) is 2.30. The molecule has 0 saturated heterocycles. The Morgan fingerprint density at radius 3 is 2.89 bits per heavy atom. The lowest BCUT2D eigenvalue weighted by molar-refractivity contribution is -0.385. The average molecular weight is 269 g/mol. The minimum atomic E-state index is -0.764. The van der Waals surface area contributed by atoms with E-state index < -0.39 is 11.0 Å². The molecular weight excluding hydrogens is 258 g/mol. The summed E-state index contributed by atoms with van der Waals surface area (Å²) in [7, 11) is 1.72. The Kier molecular flexibility index (Phi) is 3.30. The third kappa shape index (κ3) is 2.49. The zero-order valence-corrected chi connectivity index (χ0v) is 10.5. The fraction of sp³-hybridized carbons (Fsp3) is 0.300. The van der Waals surface area contributed by atoms with E-state index >= 15 is 0 Å². The third-order valence-corrected chi connectivity index (χ3v) is 3.37. The van der Waals surface area contributed by atoms with Crippen LogP contribution in [0.1, 0.15) is 17.9 Å².